The fraction of sp³-hybridized carbons (Fsp3) is 0.0435. The lowest BCUT2D eigenvalue weighted by Crippen LogP contribution is -1.98. The molecule has 0 aliphatic heterocycles. The van der Waals surface area contributed by atoms with Crippen molar-refractivity contribution in [3.63, 3.8) is 0 Å². The molecule has 144 valence electrons. The first-order chi connectivity index (χ1) is 14.0. The number of carbonyl (C=O) groups is 1. The predicted molar refractivity (Wildman–Crippen MR) is 114 cm³/mol. The minimum atomic E-state index is -1.02. The minimum Gasteiger partial charge on any atom is -0.488 e. The fourth-order valence-corrected chi connectivity index (χ4v) is 3.12. The average molecular weight is 424 g/mol. The topological polar surface area (TPSA) is 70.3 Å². The van der Waals surface area contributed by atoms with Gasteiger partial charge in [-0.1, -0.05) is 59.6 Å². The fourth-order valence-electron chi connectivity index (χ4n) is 2.65. The molecule has 0 aliphatic rings. The van der Waals surface area contributed by atoms with E-state index < -0.39 is 5.97 Å². The van der Waals surface area contributed by atoms with Crippen LogP contribution < -0.4 is 4.74 Å². The van der Waals surface area contributed by atoms with Crippen LogP contribution in [0.1, 0.15) is 27.0 Å². The molecule has 0 spiro atoms. The van der Waals surface area contributed by atoms with Crippen molar-refractivity contribution in [2.45, 2.75) is 6.61 Å². The largest absolute Gasteiger partial charge is 0.488 e. The van der Waals surface area contributed by atoms with Crippen LogP contribution >= 0.6 is 23.2 Å². The molecule has 0 fully saturated rings. The van der Waals surface area contributed by atoms with E-state index in [9.17, 15) is 10.1 Å². The number of hydrogen-bond donors (Lipinski definition) is 1. The van der Waals surface area contributed by atoms with Gasteiger partial charge in [-0.25, -0.2) is 4.79 Å². The normalized spacial score (nSPS) is 11.0. The Morgan fingerprint density at radius 1 is 1.03 bits per heavy atom. The van der Waals surface area contributed by atoms with Gasteiger partial charge in [0.1, 0.15) is 12.4 Å². The van der Waals surface area contributed by atoms with Gasteiger partial charge in [0.25, 0.3) is 0 Å². The number of halogens is 2. The molecule has 1 N–H and O–H groups in total. The van der Waals surface area contributed by atoms with Crippen LogP contribution in [0.3, 0.4) is 0 Å². The van der Waals surface area contributed by atoms with Gasteiger partial charge in [0.05, 0.1) is 17.2 Å². The minimum absolute atomic E-state index is 0.162. The standard InChI is InChI=1S/C23H15Cl2NO3/c24-20-10-9-18(21(25)12-20)14-29-22-4-2-1-3-17(22)11-19(13-26)15-5-7-16(8-6-15)23(27)28/h1-12H,14H2,(H,27,28)/b19-11-. The second kappa shape index (κ2) is 9.29. The van der Waals surface area contributed by atoms with Crippen molar-refractivity contribution in [1.29, 1.82) is 5.26 Å². The Bertz CT molecular complexity index is 1120. The Kier molecular flexibility index (Phi) is 6.56. The summed E-state index contributed by atoms with van der Waals surface area (Å²) in [5.41, 5.74) is 2.68. The number of allylic oxidation sites excluding steroid dienone is 1. The number of para-hydroxylation sites is 1. The van der Waals surface area contributed by atoms with Gasteiger partial charge in [0, 0.05) is 21.2 Å². The molecule has 0 aromatic heterocycles. The summed E-state index contributed by atoms with van der Waals surface area (Å²) in [4.78, 5) is 11.0. The Labute approximate surface area is 178 Å². The smallest absolute Gasteiger partial charge is 0.335 e. The molecule has 0 bridgehead atoms. The lowest BCUT2D eigenvalue weighted by atomic mass is 10.0. The zero-order valence-electron chi connectivity index (χ0n) is 15.1. The van der Waals surface area contributed by atoms with Crippen molar-refractivity contribution in [1.82, 2.24) is 0 Å². The number of rotatable bonds is 6. The number of ether oxygens (including phenoxy) is 1. The maximum atomic E-state index is 11.0. The maximum absolute atomic E-state index is 11.0. The van der Waals surface area contributed by atoms with Gasteiger partial charge in [-0.2, -0.15) is 5.26 Å². The van der Waals surface area contributed by atoms with Gasteiger partial charge < -0.3 is 9.84 Å². The number of carboxylic acid groups (broad SMARTS) is 1. The van der Waals surface area contributed by atoms with E-state index in [1.165, 1.54) is 12.1 Å². The lowest BCUT2D eigenvalue weighted by Gasteiger charge is -2.11. The third-order valence-electron chi connectivity index (χ3n) is 4.18. The van der Waals surface area contributed by atoms with Crippen LogP contribution in [0.5, 0.6) is 5.75 Å². The monoisotopic (exact) mass is 423 g/mol. The maximum Gasteiger partial charge on any atom is 0.335 e. The summed E-state index contributed by atoms with van der Waals surface area (Å²) in [6.07, 6.45) is 1.70. The number of nitrogens with zero attached hydrogens (tertiary/aromatic N) is 1. The molecule has 29 heavy (non-hydrogen) atoms. The van der Waals surface area contributed by atoms with E-state index in [0.717, 1.165) is 11.1 Å². The highest BCUT2D eigenvalue weighted by Gasteiger charge is 2.09. The molecule has 0 aliphatic carbocycles. The zero-order valence-corrected chi connectivity index (χ0v) is 16.6. The van der Waals surface area contributed by atoms with E-state index >= 15 is 0 Å². The van der Waals surface area contributed by atoms with Gasteiger partial charge in [-0.05, 0) is 42.0 Å². The van der Waals surface area contributed by atoms with E-state index in [-0.39, 0.29) is 12.2 Å². The molecule has 0 saturated heterocycles. The van der Waals surface area contributed by atoms with Crippen LogP contribution in [0.15, 0.2) is 66.7 Å². The molecular weight excluding hydrogens is 409 g/mol. The molecule has 6 heteroatoms. The predicted octanol–water partition coefficient (Wildman–Crippen LogP) is 6.33. The zero-order chi connectivity index (χ0) is 20.8. The molecular formula is C23H15Cl2NO3. The highest BCUT2D eigenvalue weighted by atomic mass is 35.5. The number of carboxylic acids is 1. The third kappa shape index (κ3) is 5.17. The van der Waals surface area contributed by atoms with Crippen LogP contribution in [-0.4, -0.2) is 11.1 Å². The average Bonchev–Trinajstić information content (AvgIpc) is 2.72. The van der Waals surface area contributed by atoms with E-state index in [1.807, 2.05) is 18.2 Å². The molecule has 0 radical (unpaired) electrons. The number of aromatic carboxylic acids is 1. The van der Waals surface area contributed by atoms with Crippen molar-refractivity contribution in [3.05, 3.63) is 99.0 Å². The van der Waals surface area contributed by atoms with E-state index in [1.54, 1.807) is 42.5 Å². The molecule has 3 aromatic carbocycles. The molecule has 0 saturated carbocycles. The lowest BCUT2D eigenvalue weighted by molar-refractivity contribution is 0.0697. The van der Waals surface area contributed by atoms with Crippen molar-refractivity contribution in [2.24, 2.45) is 0 Å². The van der Waals surface area contributed by atoms with Gasteiger partial charge in [0.15, 0.2) is 0 Å². The second-order valence-corrected chi connectivity index (χ2v) is 6.96. The second-order valence-electron chi connectivity index (χ2n) is 6.11. The molecule has 3 rings (SSSR count). The number of hydrogen-bond acceptors (Lipinski definition) is 3. The van der Waals surface area contributed by atoms with Crippen LogP contribution in [0, 0.1) is 11.3 Å². The van der Waals surface area contributed by atoms with E-state index in [0.29, 0.717) is 26.9 Å². The van der Waals surface area contributed by atoms with Crippen molar-refractivity contribution in [3.8, 4) is 11.8 Å². The first-order valence-corrected chi connectivity index (χ1v) is 9.35. The van der Waals surface area contributed by atoms with Crippen molar-refractivity contribution < 1.29 is 14.6 Å². The van der Waals surface area contributed by atoms with Crippen molar-refractivity contribution >= 4 is 40.8 Å². The first kappa shape index (κ1) is 20.5. The Hall–Kier alpha value is -3.26. The summed E-state index contributed by atoms with van der Waals surface area (Å²) < 4.78 is 5.92. The van der Waals surface area contributed by atoms with Crippen molar-refractivity contribution in [2.75, 3.05) is 0 Å². The summed E-state index contributed by atoms with van der Waals surface area (Å²) in [7, 11) is 0. The van der Waals surface area contributed by atoms with Gasteiger partial charge in [-0.15, -0.1) is 0 Å². The summed E-state index contributed by atoms with van der Waals surface area (Å²) in [6, 6.07) is 20.8. The molecule has 0 heterocycles. The van der Waals surface area contributed by atoms with E-state index in [4.69, 9.17) is 33.0 Å². The number of nitriles is 1. The highest BCUT2D eigenvalue weighted by molar-refractivity contribution is 6.35. The third-order valence-corrected chi connectivity index (χ3v) is 4.77. The summed E-state index contributed by atoms with van der Waals surface area (Å²) in [5, 5.41) is 19.7. The molecule has 4 nitrogen and oxygen atoms in total. The van der Waals surface area contributed by atoms with Crippen LogP contribution in [-0.2, 0) is 6.61 Å². The van der Waals surface area contributed by atoms with Crippen LogP contribution in [0.4, 0.5) is 0 Å². The molecule has 0 amide bonds. The van der Waals surface area contributed by atoms with Gasteiger partial charge in [-0.3, -0.25) is 0 Å². The molecule has 3 aromatic rings. The summed E-state index contributed by atoms with van der Waals surface area (Å²) in [5.74, 6) is -0.424. The SMILES string of the molecule is N#C/C(=C/c1ccccc1OCc1ccc(Cl)cc1Cl)c1ccc(C(=O)O)cc1. The molecule has 0 unspecified atom stereocenters. The first-order valence-electron chi connectivity index (χ1n) is 8.59. The number of benzene rings is 3. The van der Waals surface area contributed by atoms with E-state index in [2.05, 4.69) is 6.07 Å². The van der Waals surface area contributed by atoms with Crippen LogP contribution in [0.25, 0.3) is 11.6 Å². The molecule has 0 atom stereocenters. The Balaban J connectivity index is 1.86. The highest BCUT2D eigenvalue weighted by Crippen LogP contribution is 2.27. The summed E-state index contributed by atoms with van der Waals surface area (Å²) >= 11 is 12.1. The quantitative estimate of drug-likeness (QED) is 0.371. The van der Waals surface area contributed by atoms with Gasteiger partial charge >= 0.3 is 5.97 Å². The summed E-state index contributed by atoms with van der Waals surface area (Å²) in [6.45, 7) is 0.246. The van der Waals surface area contributed by atoms with Gasteiger partial charge in [0.2, 0.25) is 0 Å². The Morgan fingerprint density at radius 2 is 1.72 bits per heavy atom. The van der Waals surface area contributed by atoms with Crippen LogP contribution in [0.2, 0.25) is 10.0 Å². The Morgan fingerprint density at radius 3 is 2.38 bits per heavy atom.